The molecule has 1 saturated carbocycles. The average molecular weight is 776 g/mol. The fourth-order valence-corrected chi connectivity index (χ4v) is 8.29. The highest BCUT2D eigenvalue weighted by atomic mass is 19.4. The van der Waals surface area contributed by atoms with Crippen molar-refractivity contribution in [2.24, 2.45) is 5.92 Å². The van der Waals surface area contributed by atoms with Crippen molar-refractivity contribution in [1.29, 1.82) is 0 Å². The summed E-state index contributed by atoms with van der Waals surface area (Å²) in [5.41, 5.74) is -1.25. The maximum absolute atomic E-state index is 14.5. The molecule has 298 valence electrons. The van der Waals surface area contributed by atoms with Gasteiger partial charge in [-0.3, -0.25) is 9.59 Å². The smallest absolute Gasteiger partial charge is 0.416 e. The van der Waals surface area contributed by atoms with Gasteiger partial charge in [0, 0.05) is 50.6 Å². The maximum atomic E-state index is 14.5. The van der Waals surface area contributed by atoms with Gasteiger partial charge in [-0.1, -0.05) is 37.3 Å². The van der Waals surface area contributed by atoms with Crippen LogP contribution in [0.15, 0.2) is 60.9 Å². The molecule has 1 aromatic heterocycles. The first-order chi connectivity index (χ1) is 26.2. The van der Waals surface area contributed by atoms with Gasteiger partial charge in [-0.2, -0.15) is 26.3 Å². The number of benzene rings is 2. The van der Waals surface area contributed by atoms with Crippen molar-refractivity contribution in [2.45, 2.75) is 108 Å². The Bertz CT molecular complexity index is 1710. The lowest BCUT2D eigenvalue weighted by atomic mass is 9.81. The van der Waals surface area contributed by atoms with Crippen LogP contribution in [0.2, 0.25) is 0 Å². The number of ether oxygens (including phenoxy) is 2. The SMILES string of the molecule is CC[C@@H]1C[C@H](N(Cc2cc(C(F)(F)F)cc(C(F)(F)F)c2)c2ncc(N3CCOCC3)cn2)C[C@H](Cc2ccccc2)N1C(=O)[C@H]1CC[C@@H](OC(C)=O)CC1. The minimum Gasteiger partial charge on any atom is -0.463 e. The minimum atomic E-state index is -5.01. The maximum Gasteiger partial charge on any atom is 0.416 e. The molecule has 6 rings (SSSR count). The van der Waals surface area contributed by atoms with E-state index in [-0.39, 0.29) is 60.1 Å². The van der Waals surface area contributed by atoms with Gasteiger partial charge in [-0.25, -0.2) is 9.97 Å². The zero-order valence-corrected chi connectivity index (χ0v) is 31.0. The molecule has 3 aliphatic rings. The largest absolute Gasteiger partial charge is 0.463 e. The van der Waals surface area contributed by atoms with E-state index >= 15 is 0 Å². The fraction of sp³-hybridized carbons (Fsp3) is 0.550. The lowest BCUT2D eigenvalue weighted by molar-refractivity contribution is -0.151. The molecule has 1 amide bonds. The van der Waals surface area contributed by atoms with Crippen LogP contribution in [0, 0.1) is 5.92 Å². The number of likely N-dealkylation sites (tertiary alicyclic amines) is 1. The van der Waals surface area contributed by atoms with Gasteiger partial charge in [0.05, 0.1) is 42.4 Å². The first-order valence-corrected chi connectivity index (χ1v) is 18.9. The van der Waals surface area contributed by atoms with Gasteiger partial charge in [-0.15, -0.1) is 0 Å². The van der Waals surface area contributed by atoms with Crippen LogP contribution in [0.4, 0.5) is 38.0 Å². The number of hydrogen-bond donors (Lipinski definition) is 0. The summed E-state index contributed by atoms with van der Waals surface area (Å²) in [6, 6.07) is 10.3. The number of nitrogens with zero attached hydrogens (tertiary/aromatic N) is 5. The van der Waals surface area contributed by atoms with Crippen molar-refractivity contribution in [2.75, 3.05) is 36.1 Å². The quantitative estimate of drug-likeness (QED) is 0.152. The topological polar surface area (TPSA) is 88.1 Å². The third-order valence-corrected chi connectivity index (χ3v) is 11.0. The molecule has 15 heteroatoms. The normalized spacial score (nSPS) is 23.7. The molecule has 3 atom stereocenters. The second kappa shape index (κ2) is 17.2. The molecular formula is C40H47F6N5O4. The Kier molecular flexibility index (Phi) is 12.6. The number of morpholine rings is 1. The molecule has 2 aromatic carbocycles. The molecule has 2 saturated heterocycles. The second-order valence-corrected chi connectivity index (χ2v) is 14.7. The lowest BCUT2D eigenvalue weighted by Gasteiger charge is -2.49. The molecule has 3 heterocycles. The van der Waals surface area contributed by atoms with Gasteiger partial charge in [0.25, 0.3) is 0 Å². The Hall–Kier alpha value is -4.40. The highest BCUT2D eigenvalue weighted by molar-refractivity contribution is 5.80. The summed E-state index contributed by atoms with van der Waals surface area (Å²) in [4.78, 5) is 41.1. The van der Waals surface area contributed by atoms with Crippen LogP contribution >= 0.6 is 0 Å². The summed E-state index contributed by atoms with van der Waals surface area (Å²) in [6.07, 6.45) is -2.86. The summed E-state index contributed by atoms with van der Waals surface area (Å²) in [5, 5.41) is 0. The van der Waals surface area contributed by atoms with E-state index in [9.17, 15) is 35.9 Å². The molecule has 9 nitrogen and oxygen atoms in total. The number of hydrogen-bond acceptors (Lipinski definition) is 8. The molecule has 2 aliphatic heterocycles. The summed E-state index contributed by atoms with van der Waals surface area (Å²) >= 11 is 0. The standard InChI is InChI=1S/C40H47F6N5O4/c1-3-32-21-33(22-34(19-27-7-5-4-6-8-27)51(32)37(53)29-9-11-36(12-10-29)55-26(2)52)50(38-47-23-35(24-48-38)49-13-15-54-16-14-49)25-28-17-30(39(41,42)43)20-31(18-28)40(44,45)46/h4-8,17-18,20,23-24,29,32-34,36H,3,9-16,19,21-22,25H2,1-2H3/t29-,32-,33+,34+,36+/m1/s1. The zero-order valence-electron chi connectivity index (χ0n) is 31.0. The molecule has 3 fully saturated rings. The lowest BCUT2D eigenvalue weighted by Crippen LogP contribution is -2.59. The van der Waals surface area contributed by atoms with Crippen LogP contribution in [0.25, 0.3) is 0 Å². The van der Waals surface area contributed by atoms with E-state index in [2.05, 4.69) is 9.97 Å². The Morgan fingerprint density at radius 2 is 1.45 bits per heavy atom. The van der Waals surface area contributed by atoms with Crippen LogP contribution in [0.1, 0.15) is 81.0 Å². The molecule has 55 heavy (non-hydrogen) atoms. The van der Waals surface area contributed by atoms with Crippen molar-refractivity contribution in [3.05, 3.63) is 83.2 Å². The van der Waals surface area contributed by atoms with Crippen LogP contribution in [0.3, 0.4) is 0 Å². The number of halogens is 6. The number of anilines is 2. The highest BCUT2D eigenvalue weighted by Crippen LogP contribution is 2.39. The first kappa shape index (κ1) is 40.3. The number of aromatic nitrogens is 2. The number of carbonyl (C=O) groups excluding carboxylic acids is 2. The van der Waals surface area contributed by atoms with Gasteiger partial charge in [0.2, 0.25) is 11.9 Å². The Morgan fingerprint density at radius 1 is 0.855 bits per heavy atom. The van der Waals surface area contributed by atoms with Crippen molar-refractivity contribution >= 4 is 23.5 Å². The monoisotopic (exact) mass is 775 g/mol. The summed E-state index contributed by atoms with van der Waals surface area (Å²) in [5.74, 6) is -0.439. The number of carbonyl (C=O) groups is 2. The molecule has 0 spiro atoms. The average Bonchev–Trinajstić information content (AvgIpc) is 3.16. The highest BCUT2D eigenvalue weighted by Gasteiger charge is 2.44. The van der Waals surface area contributed by atoms with E-state index in [0.29, 0.717) is 77.7 Å². The van der Waals surface area contributed by atoms with Crippen LogP contribution in [-0.4, -0.2) is 77.3 Å². The van der Waals surface area contributed by atoms with E-state index in [1.165, 1.54) is 6.92 Å². The molecule has 0 radical (unpaired) electrons. The van der Waals surface area contributed by atoms with Gasteiger partial charge < -0.3 is 24.2 Å². The van der Waals surface area contributed by atoms with Crippen LogP contribution in [-0.2, 0) is 44.4 Å². The number of amides is 1. The zero-order chi connectivity index (χ0) is 39.3. The summed E-state index contributed by atoms with van der Waals surface area (Å²) < 4.78 is 94.9. The van der Waals surface area contributed by atoms with Gasteiger partial charge in [0.1, 0.15) is 6.10 Å². The number of rotatable bonds is 10. The van der Waals surface area contributed by atoms with Crippen molar-refractivity contribution in [3.8, 4) is 0 Å². The number of esters is 1. The predicted molar refractivity (Wildman–Crippen MR) is 193 cm³/mol. The minimum absolute atomic E-state index is 0.0119. The molecule has 0 N–H and O–H groups in total. The van der Waals surface area contributed by atoms with Crippen LogP contribution < -0.4 is 9.80 Å². The molecule has 1 aliphatic carbocycles. The Morgan fingerprint density at radius 3 is 2.02 bits per heavy atom. The molecular weight excluding hydrogens is 728 g/mol. The third-order valence-electron chi connectivity index (χ3n) is 11.0. The molecule has 0 unspecified atom stereocenters. The Balaban J connectivity index is 1.36. The van der Waals surface area contributed by atoms with Gasteiger partial charge >= 0.3 is 18.3 Å². The van der Waals surface area contributed by atoms with E-state index < -0.39 is 29.5 Å². The van der Waals surface area contributed by atoms with Crippen molar-refractivity contribution in [1.82, 2.24) is 14.9 Å². The van der Waals surface area contributed by atoms with Crippen molar-refractivity contribution < 1.29 is 45.4 Å². The van der Waals surface area contributed by atoms with Crippen LogP contribution in [0.5, 0.6) is 0 Å². The van der Waals surface area contributed by atoms with Gasteiger partial charge in [0.15, 0.2) is 0 Å². The Labute approximate surface area is 317 Å². The molecule has 3 aromatic rings. The number of alkyl halides is 6. The summed E-state index contributed by atoms with van der Waals surface area (Å²) in [7, 11) is 0. The third kappa shape index (κ3) is 10.1. The van der Waals surface area contributed by atoms with E-state index in [0.717, 1.165) is 23.4 Å². The number of piperidine rings is 1. The second-order valence-electron chi connectivity index (χ2n) is 14.7. The van der Waals surface area contributed by atoms with Crippen molar-refractivity contribution in [3.63, 3.8) is 0 Å². The van der Waals surface area contributed by atoms with Gasteiger partial charge in [-0.05, 0) is 80.7 Å². The fourth-order valence-electron chi connectivity index (χ4n) is 8.29. The van der Waals surface area contributed by atoms with E-state index in [1.807, 2.05) is 47.1 Å². The van der Waals surface area contributed by atoms with E-state index in [4.69, 9.17) is 9.47 Å². The molecule has 0 bridgehead atoms. The predicted octanol–water partition coefficient (Wildman–Crippen LogP) is 7.86. The van der Waals surface area contributed by atoms with E-state index in [1.54, 1.807) is 17.3 Å². The summed E-state index contributed by atoms with van der Waals surface area (Å²) in [6.45, 7) is 5.31. The first-order valence-electron chi connectivity index (χ1n) is 18.9.